The van der Waals surface area contributed by atoms with Crippen LogP contribution in [-0.2, 0) is 0 Å². The lowest BCUT2D eigenvalue weighted by atomic mass is 10.1. The van der Waals surface area contributed by atoms with E-state index >= 15 is 0 Å². The molecule has 0 aliphatic heterocycles. The highest BCUT2D eigenvalue weighted by Gasteiger charge is 2.14. The molecule has 1 aromatic rings. The van der Waals surface area contributed by atoms with Crippen molar-refractivity contribution in [1.82, 2.24) is 0 Å². The van der Waals surface area contributed by atoms with Crippen LogP contribution in [0.3, 0.4) is 0 Å². The van der Waals surface area contributed by atoms with E-state index in [0.717, 1.165) is 31.4 Å². The molecule has 0 fully saturated rings. The van der Waals surface area contributed by atoms with Gasteiger partial charge in [-0.05, 0) is 12.5 Å². The number of carboxylic acids is 1. The Balaban J connectivity index is 2.41. The maximum absolute atomic E-state index is 13.5. The number of ether oxygens (including phenoxy) is 1. The highest BCUT2D eigenvalue weighted by Crippen LogP contribution is 2.28. The third-order valence-corrected chi connectivity index (χ3v) is 3.30. The summed E-state index contributed by atoms with van der Waals surface area (Å²) in [4.78, 5) is 10.7. The van der Waals surface area contributed by atoms with Crippen molar-refractivity contribution >= 4 is 17.6 Å². The van der Waals surface area contributed by atoms with E-state index in [-0.39, 0.29) is 10.8 Å². The van der Waals surface area contributed by atoms with Gasteiger partial charge in [0, 0.05) is 6.07 Å². The maximum atomic E-state index is 13.5. The van der Waals surface area contributed by atoms with Gasteiger partial charge in [-0.3, -0.25) is 0 Å². The normalized spacial score (nSPS) is 10.6. The molecule has 20 heavy (non-hydrogen) atoms. The highest BCUT2D eigenvalue weighted by molar-refractivity contribution is 6.32. The van der Waals surface area contributed by atoms with Crippen LogP contribution in [0.5, 0.6) is 5.75 Å². The van der Waals surface area contributed by atoms with Gasteiger partial charge in [0.2, 0.25) is 0 Å². The van der Waals surface area contributed by atoms with E-state index in [0.29, 0.717) is 6.61 Å². The molecule has 0 saturated carbocycles. The number of rotatable bonds is 9. The van der Waals surface area contributed by atoms with Crippen LogP contribution in [0, 0.1) is 5.82 Å². The van der Waals surface area contributed by atoms with Gasteiger partial charge in [-0.25, -0.2) is 9.18 Å². The lowest BCUT2D eigenvalue weighted by Gasteiger charge is -2.09. The molecule has 0 amide bonds. The van der Waals surface area contributed by atoms with E-state index in [9.17, 15) is 9.18 Å². The van der Waals surface area contributed by atoms with Crippen LogP contribution in [0.15, 0.2) is 12.1 Å². The first-order valence-corrected chi connectivity index (χ1v) is 7.29. The lowest BCUT2D eigenvalue weighted by molar-refractivity contribution is 0.0692. The first-order valence-electron chi connectivity index (χ1n) is 6.91. The Kier molecular flexibility index (Phi) is 7.37. The number of halogens is 2. The molecule has 1 aromatic carbocycles. The van der Waals surface area contributed by atoms with E-state index in [1.165, 1.54) is 19.3 Å². The summed E-state index contributed by atoms with van der Waals surface area (Å²) >= 11 is 5.87. The van der Waals surface area contributed by atoms with E-state index in [2.05, 4.69) is 6.92 Å². The Morgan fingerprint density at radius 3 is 2.55 bits per heavy atom. The summed E-state index contributed by atoms with van der Waals surface area (Å²) in [5.41, 5.74) is -0.443. The molecular weight excluding hydrogens is 283 g/mol. The summed E-state index contributed by atoms with van der Waals surface area (Å²) in [5, 5.41) is 8.88. The van der Waals surface area contributed by atoms with Crippen molar-refractivity contribution in [3.05, 3.63) is 28.5 Å². The van der Waals surface area contributed by atoms with Gasteiger partial charge in [-0.1, -0.05) is 50.6 Å². The molecule has 0 spiro atoms. The lowest BCUT2D eigenvalue weighted by Crippen LogP contribution is -2.03. The largest absolute Gasteiger partial charge is 0.492 e. The van der Waals surface area contributed by atoms with Crippen molar-refractivity contribution < 1.29 is 19.0 Å². The second-order valence-corrected chi connectivity index (χ2v) is 5.09. The molecule has 0 bridgehead atoms. The van der Waals surface area contributed by atoms with Gasteiger partial charge in [0.25, 0.3) is 0 Å². The molecule has 5 heteroatoms. The van der Waals surface area contributed by atoms with Crippen molar-refractivity contribution in [3.63, 3.8) is 0 Å². The quantitative estimate of drug-likeness (QED) is 0.659. The number of benzene rings is 1. The Morgan fingerprint density at radius 1 is 1.25 bits per heavy atom. The van der Waals surface area contributed by atoms with E-state index < -0.39 is 17.3 Å². The molecule has 1 rings (SSSR count). The summed E-state index contributed by atoms with van der Waals surface area (Å²) in [7, 11) is 0. The van der Waals surface area contributed by atoms with Crippen molar-refractivity contribution in [2.45, 2.75) is 45.4 Å². The summed E-state index contributed by atoms with van der Waals surface area (Å²) < 4.78 is 18.9. The summed E-state index contributed by atoms with van der Waals surface area (Å²) in [5.74, 6) is -1.98. The number of carboxylic acid groups (broad SMARTS) is 1. The minimum atomic E-state index is -1.34. The Hall–Kier alpha value is -1.29. The molecular formula is C15H20ClFO3. The monoisotopic (exact) mass is 302 g/mol. The van der Waals surface area contributed by atoms with Crippen molar-refractivity contribution in [2.24, 2.45) is 0 Å². The molecule has 0 radical (unpaired) electrons. The first-order chi connectivity index (χ1) is 9.56. The average Bonchev–Trinajstić information content (AvgIpc) is 2.40. The molecule has 0 saturated heterocycles. The standard InChI is InChI=1S/C15H20ClFO3/c1-2-3-4-5-6-7-8-20-14-10-13(17)11(15(18)19)9-12(14)16/h9-10H,2-8H2,1H3,(H,18,19). The fraction of sp³-hybridized carbons (Fsp3) is 0.533. The van der Waals surface area contributed by atoms with E-state index in [4.69, 9.17) is 21.4 Å². The van der Waals surface area contributed by atoms with Gasteiger partial charge in [0.15, 0.2) is 0 Å². The molecule has 3 nitrogen and oxygen atoms in total. The summed E-state index contributed by atoms with van der Waals surface area (Å²) in [6, 6.07) is 2.11. The zero-order valence-electron chi connectivity index (χ0n) is 11.6. The third-order valence-electron chi connectivity index (χ3n) is 3.01. The van der Waals surface area contributed by atoms with Crippen molar-refractivity contribution in [3.8, 4) is 5.75 Å². The van der Waals surface area contributed by atoms with E-state index in [1.54, 1.807) is 0 Å². The third kappa shape index (κ3) is 5.37. The fourth-order valence-electron chi connectivity index (χ4n) is 1.87. The van der Waals surface area contributed by atoms with Crippen molar-refractivity contribution in [2.75, 3.05) is 6.61 Å². The van der Waals surface area contributed by atoms with Crippen LogP contribution in [0.2, 0.25) is 5.02 Å². The number of hydrogen-bond donors (Lipinski definition) is 1. The molecule has 0 aromatic heterocycles. The number of unbranched alkanes of at least 4 members (excludes halogenated alkanes) is 5. The topological polar surface area (TPSA) is 46.5 Å². The summed E-state index contributed by atoms with van der Waals surface area (Å²) in [6.45, 7) is 2.62. The van der Waals surface area contributed by atoms with Gasteiger partial charge in [0.05, 0.1) is 17.2 Å². The molecule has 0 aliphatic carbocycles. The van der Waals surface area contributed by atoms with Gasteiger partial charge >= 0.3 is 5.97 Å². The minimum Gasteiger partial charge on any atom is -0.492 e. The molecule has 112 valence electrons. The second kappa shape index (κ2) is 8.80. The maximum Gasteiger partial charge on any atom is 0.338 e. The van der Waals surface area contributed by atoms with Crippen LogP contribution < -0.4 is 4.74 Å². The van der Waals surface area contributed by atoms with Crippen LogP contribution >= 0.6 is 11.6 Å². The van der Waals surface area contributed by atoms with E-state index in [1.807, 2.05) is 0 Å². The van der Waals surface area contributed by atoms with Crippen LogP contribution in [0.4, 0.5) is 4.39 Å². The number of hydrogen-bond acceptors (Lipinski definition) is 2. The van der Waals surface area contributed by atoms with Crippen LogP contribution in [0.1, 0.15) is 55.8 Å². The first kappa shape index (κ1) is 16.8. The SMILES string of the molecule is CCCCCCCCOc1cc(F)c(C(=O)O)cc1Cl. The smallest absolute Gasteiger partial charge is 0.338 e. The van der Waals surface area contributed by atoms with Gasteiger partial charge in [-0.15, -0.1) is 0 Å². The second-order valence-electron chi connectivity index (χ2n) is 4.68. The van der Waals surface area contributed by atoms with Gasteiger partial charge in [0.1, 0.15) is 11.6 Å². The average molecular weight is 303 g/mol. The highest BCUT2D eigenvalue weighted by atomic mass is 35.5. The van der Waals surface area contributed by atoms with Gasteiger partial charge < -0.3 is 9.84 Å². The number of aromatic carboxylic acids is 1. The molecule has 0 heterocycles. The minimum absolute atomic E-state index is 0.120. The zero-order chi connectivity index (χ0) is 15.0. The molecule has 0 atom stereocenters. The molecule has 1 N–H and O–H groups in total. The van der Waals surface area contributed by atoms with Crippen LogP contribution in [0.25, 0.3) is 0 Å². The molecule has 0 unspecified atom stereocenters. The van der Waals surface area contributed by atoms with Gasteiger partial charge in [-0.2, -0.15) is 0 Å². The Bertz CT molecular complexity index is 449. The predicted octanol–water partition coefficient (Wildman–Crippen LogP) is 4.92. The van der Waals surface area contributed by atoms with Crippen LogP contribution in [-0.4, -0.2) is 17.7 Å². The predicted molar refractivity (Wildman–Crippen MR) is 77.2 cm³/mol. The Morgan fingerprint density at radius 2 is 1.90 bits per heavy atom. The fourth-order valence-corrected chi connectivity index (χ4v) is 2.09. The zero-order valence-corrected chi connectivity index (χ0v) is 12.4. The van der Waals surface area contributed by atoms with Crippen molar-refractivity contribution in [1.29, 1.82) is 0 Å². The molecule has 0 aliphatic rings. The number of carbonyl (C=O) groups is 1. The Labute approximate surface area is 123 Å². The summed E-state index contributed by atoms with van der Waals surface area (Å²) in [6.07, 6.45) is 6.78.